The Kier molecular flexibility index (Phi) is 5.91. The van der Waals surface area contributed by atoms with E-state index in [1.54, 1.807) is 13.0 Å². The van der Waals surface area contributed by atoms with Crippen LogP contribution in [0, 0.1) is 11.3 Å². The van der Waals surface area contributed by atoms with Gasteiger partial charge in [-0.1, -0.05) is 25.2 Å². The standard InChI is InChI=1S/C21H30O4/c1-7-13(2)19(22)25-18-9-11-21(5)10-8-16(12-17(21)15(18)4)14(3)20(23)24-6/h7,16,18H,3,8-12H2,1-2,4-6H3. The highest BCUT2D eigenvalue weighted by molar-refractivity contribution is 5.88. The maximum atomic E-state index is 12.1. The van der Waals surface area contributed by atoms with Crippen molar-refractivity contribution in [1.29, 1.82) is 0 Å². The summed E-state index contributed by atoms with van der Waals surface area (Å²) in [7, 11) is 1.39. The van der Waals surface area contributed by atoms with Gasteiger partial charge in [0.15, 0.2) is 0 Å². The van der Waals surface area contributed by atoms with Gasteiger partial charge in [-0.3, -0.25) is 0 Å². The van der Waals surface area contributed by atoms with E-state index in [0.717, 1.165) is 37.7 Å². The van der Waals surface area contributed by atoms with Crippen LogP contribution in [-0.4, -0.2) is 25.2 Å². The smallest absolute Gasteiger partial charge is 0.333 e. The van der Waals surface area contributed by atoms with E-state index in [4.69, 9.17) is 9.47 Å². The summed E-state index contributed by atoms with van der Waals surface area (Å²) in [6.45, 7) is 11.9. The van der Waals surface area contributed by atoms with Crippen molar-refractivity contribution in [2.24, 2.45) is 11.3 Å². The van der Waals surface area contributed by atoms with Crippen LogP contribution in [0.1, 0.15) is 59.8 Å². The van der Waals surface area contributed by atoms with Crippen molar-refractivity contribution in [1.82, 2.24) is 0 Å². The van der Waals surface area contributed by atoms with Gasteiger partial charge in [-0.2, -0.15) is 0 Å². The molecule has 4 heteroatoms. The fourth-order valence-corrected chi connectivity index (χ4v) is 4.09. The zero-order chi connectivity index (χ0) is 18.8. The molecule has 0 amide bonds. The van der Waals surface area contributed by atoms with Crippen LogP contribution in [0.2, 0.25) is 0 Å². The molecule has 0 aromatic heterocycles. The third-order valence-electron chi connectivity index (χ3n) is 6.09. The molecule has 2 rings (SSSR count). The Balaban J connectivity index is 2.23. The largest absolute Gasteiger partial charge is 0.466 e. The normalized spacial score (nSPS) is 29.7. The summed E-state index contributed by atoms with van der Waals surface area (Å²) in [5.74, 6) is -0.464. The molecule has 2 aliphatic rings. The molecule has 138 valence electrons. The zero-order valence-electron chi connectivity index (χ0n) is 16.1. The number of carbonyl (C=O) groups is 2. The monoisotopic (exact) mass is 346 g/mol. The van der Waals surface area contributed by atoms with E-state index in [-0.39, 0.29) is 29.4 Å². The first-order chi connectivity index (χ1) is 11.7. The van der Waals surface area contributed by atoms with Gasteiger partial charge in [-0.05, 0) is 69.8 Å². The average Bonchev–Trinajstić information content (AvgIpc) is 2.61. The molecular weight excluding hydrogens is 316 g/mol. The van der Waals surface area contributed by atoms with Crippen LogP contribution in [0.4, 0.5) is 0 Å². The minimum absolute atomic E-state index is 0.109. The van der Waals surface area contributed by atoms with Crippen LogP contribution < -0.4 is 0 Å². The molecule has 1 saturated carbocycles. The first kappa shape index (κ1) is 19.5. The summed E-state index contributed by atoms with van der Waals surface area (Å²) >= 11 is 0. The molecule has 2 aliphatic carbocycles. The Morgan fingerprint density at radius 2 is 1.88 bits per heavy atom. The molecule has 0 saturated heterocycles. The maximum absolute atomic E-state index is 12.1. The van der Waals surface area contributed by atoms with Gasteiger partial charge in [0.1, 0.15) is 6.10 Å². The van der Waals surface area contributed by atoms with Gasteiger partial charge < -0.3 is 9.47 Å². The lowest BCUT2D eigenvalue weighted by molar-refractivity contribution is -0.143. The fraction of sp³-hybridized carbons (Fsp3) is 0.619. The molecule has 3 unspecified atom stereocenters. The van der Waals surface area contributed by atoms with E-state index in [1.165, 1.54) is 12.7 Å². The van der Waals surface area contributed by atoms with Crippen molar-refractivity contribution in [3.05, 3.63) is 34.9 Å². The second-order valence-corrected chi connectivity index (χ2v) is 7.58. The SMILES string of the molecule is C=C(C(=O)OC)C1CCC2(C)CCC(OC(=O)C(C)=CC)C(C)=C2C1. The predicted octanol–water partition coefficient (Wildman–Crippen LogP) is 4.51. The molecule has 0 aromatic carbocycles. The van der Waals surface area contributed by atoms with Gasteiger partial charge in [0, 0.05) is 11.1 Å². The van der Waals surface area contributed by atoms with Crippen LogP contribution in [0.3, 0.4) is 0 Å². The van der Waals surface area contributed by atoms with E-state index < -0.39 is 0 Å². The number of methoxy groups -OCH3 is 1. The first-order valence-electron chi connectivity index (χ1n) is 9.04. The minimum atomic E-state index is -0.325. The lowest BCUT2D eigenvalue weighted by atomic mass is 9.60. The van der Waals surface area contributed by atoms with Gasteiger partial charge >= 0.3 is 11.9 Å². The Labute approximate surface area is 151 Å². The zero-order valence-corrected chi connectivity index (χ0v) is 16.1. The van der Waals surface area contributed by atoms with Crippen LogP contribution in [0.5, 0.6) is 0 Å². The van der Waals surface area contributed by atoms with Crippen LogP contribution >= 0.6 is 0 Å². The minimum Gasteiger partial charge on any atom is -0.466 e. The average molecular weight is 346 g/mol. The first-order valence-corrected chi connectivity index (χ1v) is 9.04. The summed E-state index contributed by atoms with van der Waals surface area (Å²) in [4.78, 5) is 24.0. The van der Waals surface area contributed by atoms with Crippen LogP contribution in [0.15, 0.2) is 34.9 Å². The summed E-state index contributed by atoms with van der Waals surface area (Å²) in [6, 6.07) is 0. The molecule has 4 nitrogen and oxygen atoms in total. The fourth-order valence-electron chi connectivity index (χ4n) is 4.09. The molecular formula is C21H30O4. The molecule has 0 aromatic rings. The van der Waals surface area contributed by atoms with E-state index >= 15 is 0 Å². The topological polar surface area (TPSA) is 52.6 Å². The summed E-state index contributed by atoms with van der Waals surface area (Å²) in [5.41, 5.74) is 3.79. The number of ether oxygens (including phenoxy) is 2. The summed E-state index contributed by atoms with van der Waals surface area (Å²) < 4.78 is 10.6. The van der Waals surface area contributed by atoms with Gasteiger partial charge in [0.25, 0.3) is 0 Å². The van der Waals surface area contributed by atoms with Gasteiger partial charge in [0.05, 0.1) is 7.11 Å². The number of hydrogen-bond donors (Lipinski definition) is 0. The van der Waals surface area contributed by atoms with Crippen molar-refractivity contribution >= 4 is 11.9 Å². The molecule has 0 aliphatic heterocycles. The van der Waals surface area contributed by atoms with Crippen molar-refractivity contribution in [2.75, 3.05) is 7.11 Å². The molecule has 0 N–H and O–H groups in total. The Morgan fingerprint density at radius 1 is 1.24 bits per heavy atom. The van der Waals surface area contributed by atoms with E-state index in [2.05, 4.69) is 20.4 Å². The van der Waals surface area contributed by atoms with Crippen LogP contribution in [0.25, 0.3) is 0 Å². The third-order valence-corrected chi connectivity index (χ3v) is 6.09. The quantitative estimate of drug-likeness (QED) is 0.427. The van der Waals surface area contributed by atoms with Crippen molar-refractivity contribution in [3.8, 4) is 0 Å². The number of esters is 2. The van der Waals surface area contributed by atoms with Gasteiger partial charge in [-0.15, -0.1) is 0 Å². The number of carbonyl (C=O) groups excluding carboxylic acids is 2. The predicted molar refractivity (Wildman–Crippen MR) is 97.8 cm³/mol. The molecule has 0 bridgehead atoms. The summed E-state index contributed by atoms with van der Waals surface area (Å²) in [5, 5.41) is 0. The van der Waals surface area contributed by atoms with E-state index in [1.807, 2.05) is 6.92 Å². The lowest BCUT2D eigenvalue weighted by Crippen LogP contribution is -2.37. The number of allylic oxidation sites excluding steroid dienone is 2. The Hall–Kier alpha value is -1.84. The third kappa shape index (κ3) is 3.88. The highest BCUT2D eigenvalue weighted by atomic mass is 16.5. The molecule has 0 heterocycles. The second-order valence-electron chi connectivity index (χ2n) is 7.58. The number of hydrogen-bond acceptors (Lipinski definition) is 4. The molecule has 3 atom stereocenters. The molecule has 1 fully saturated rings. The highest BCUT2D eigenvalue weighted by Crippen LogP contribution is 2.52. The molecule has 0 spiro atoms. The van der Waals surface area contributed by atoms with Gasteiger partial charge in [-0.25, -0.2) is 9.59 Å². The lowest BCUT2D eigenvalue weighted by Gasteiger charge is -2.46. The van der Waals surface area contributed by atoms with Crippen molar-refractivity contribution in [3.63, 3.8) is 0 Å². The van der Waals surface area contributed by atoms with E-state index in [9.17, 15) is 9.59 Å². The summed E-state index contributed by atoms with van der Waals surface area (Å²) in [6.07, 6.45) is 6.23. The van der Waals surface area contributed by atoms with E-state index in [0.29, 0.717) is 11.1 Å². The Bertz CT molecular complexity index is 640. The van der Waals surface area contributed by atoms with Crippen molar-refractivity contribution in [2.45, 2.75) is 65.9 Å². The van der Waals surface area contributed by atoms with Crippen LogP contribution in [-0.2, 0) is 19.1 Å². The van der Waals surface area contributed by atoms with Gasteiger partial charge in [0.2, 0.25) is 0 Å². The number of rotatable bonds is 4. The maximum Gasteiger partial charge on any atom is 0.333 e. The highest BCUT2D eigenvalue weighted by Gasteiger charge is 2.42. The molecule has 25 heavy (non-hydrogen) atoms. The number of fused-ring (bicyclic) bond motifs is 1. The molecule has 0 radical (unpaired) electrons. The second kappa shape index (κ2) is 7.59. The Morgan fingerprint density at radius 3 is 2.48 bits per heavy atom. The van der Waals surface area contributed by atoms with Crippen molar-refractivity contribution < 1.29 is 19.1 Å².